The third kappa shape index (κ3) is 3.99. The van der Waals surface area contributed by atoms with Crippen molar-refractivity contribution < 1.29 is 9.59 Å². The highest BCUT2D eigenvalue weighted by Gasteiger charge is 2.37. The zero-order valence-electron chi connectivity index (χ0n) is 16.8. The number of hydrogen-bond acceptors (Lipinski definition) is 3. The van der Waals surface area contributed by atoms with Gasteiger partial charge in [-0.15, -0.1) is 0 Å². The molecule has 3 aliphatic rings. The van der Waals surface area contributed by atoms with Crippen LogP contribution in [0.25, 0.3) is 0 Å². The van der Waals surface area contributed by atoms with Gasteiger partial charge in [0.05, 0.1) is 6.54 Å². The van der Waals surface area contributed by atoms with Crippen molar-refractivity contribution in [3.63, 3.8) is 0 Å². The molecule has 0 unspecified atom stereocenters. The largest absolute Gasteiger partial charge is 0.351 e. The third-order valence-corrected chi connectivity index (χ3v) is 7.05. The number of rotatable bonds is 4. The van der Waals surface area contributed by atoms with Crippen molar-refractivity contribution in [2.45, 2.75) is 63.5 Å². The third-order valence-electron chi connectivity index (χ3n) is 6.56. The van der Waals surface area contributed by atoms with Crippen LogP contribution in [0.2, 0.25) is 0 Å². The van der Waals surface area contributed by atoms with Gasteiger partial charge >= 0.3 is 0 Å². The first-order valence-corrected chi connectivity index (χ1v) is 11.3. The zero-order chi connectivity index (χ0) is 19.9. The summed E-state index contributed by atoms with van der Waals surface area (Å²) in [7, 11) is 0. The number of likely N-dealkylation sites (tertiary alicyclic amines) is 1. The van der Waals surface area contributed by atoms with Crippen LogP contribution in [0, 0.1) is 0 Å². The minimum absolute atomic E-state index is 0.0369. The minimum atomic E-state index is -0.181. The van der Waals surface area contributed by atoms with E-state index in [-0.39, 0.29) is 29.8 Å². The molecule has 1 N–H and O–H groups in total. The fraction of sp³-hybridized carbons (Fsp3) is 0.636. The SMILES string of the molecule is CC1(C)CN(CC(=O)N[C@@H]2CCCN(C3CCC3)C2)C(=O)c2ccc(Br)cc21. The van der Waals surface area contributed by atoms with Gasteiger partial charge in [0, 0.05) is 40.6 Å². The lowest BCUT2D eigenvalue weighted by atomic mass is 9.78. The molecule has 6 heteroatoms. The number of hydrogen-bond donors (Lipinski definition) is 1. The Bertz CT molecular complexity index is 775. The molecule has 152 valence electrons. The van der Waals surface area contributed by atoms with Crippen LogP contribution in [0.3, 0.4) is 0 Å². The normalized spacial score (nSPS) is 25.2. The molecule has 0 bridgehead atoms. The van der Waals surface area contributed by atoms with E-state index in [2.05, 4.69) is 40.0 Å². The van der Waals surface area contributed by atoms with Gasteiger partial charge in [-0.25, -0.2) is 0 Å². The van der Waals surface area contributed by atoms with Crippen LogP contribution in [0.15, 0.2) is 22.7 Å². The van der Waals surface area contributed by atoms with Gasteiger partial charge in [-0.05, 0) is 56.0 Å². The zero-order valence-corrected chi connectivity index (χ0v) is 18.4. The molecule has 1 saturated carbocycles. The predicted molar refractivity (Wildman–Crippen MR) is 113 cm³/mol. The molecule has 28 heavy (non-hydrogen) atoms. The summed E-state index contributed by atoms with van der Waals surface area (Å²) < 4.78 is 0.978. The summed E-state index contributed by atoms with van der Waals surface area (Å²) in [5.74, 6) is -0.0816. The Kier molecular flexibility index (Phi) is 5.53. The second-order valence-corrected chi connectivity index (χ2v) is 10.1. The Morgan fingerprint density at radius 3 is 2.75 bits per heavy atom. The molecule has 0 spiro atoms. The van der Waals surface area contributed by atoms with Crippen molar-refractivity contribution in [1.29, 1.82) is 0 Å². The Labute approximate surface area is 176 Å². The monoisotopic (exact) mass is 447 g/mol. The van der Waals surface area contributed by atoms with Crippen molar-refractivity contribution in [3.8, 4) is 0 Å². The number of fused-ring (bicyclic) bond motifs is 1. The summed E-state index contributed by atoms with van der Waals surface area (Å²) in [5, 5.41) is 3.20. The summed E-state index contributed by atoms with van der Waals surface area (Å²) in [4.78, 5) is 29.9. The molecule has 2 fully saturated rings. The number of carbonyl (C=O) groups excluding carboxylic acids is 2. The molecule has 2 heterocycles. The highest BCUT2D eigenvalue weighted by atomic mass is 79.9. The second kappa shape index (κ2) is 7.79. The van der Waals surface area contributed by atoms with Gasteiger partial charge in [-0.3, -0.25) is 14.5 Å². The predicted octanol–water partition coefficient (Wildman–Crippen LogP) is 3.32. The van der Waals surface area contributed by atoms with E-state index in [1.807, 2.05) is 18.2 Å². The molecule has 2 amide bonds. The standard InChI is InChI=1S/C22H30BrN3O2/c1-22(2)14-26(21(28)18-9-8-15(23)11-19(18)22)13-20(27)24-16-5-4-10-25(12-16)17-6-3-7-17/h8-9,11,16-17H,3-7,10,12-14H2,1-2H3,(H,24,27)/t16-/m1/s1. The van der Waals surface area contributed by atoms with E-state index in [0.717, 1.165) is 42.0 Å². The molecule has 1 aromatic carbocycles. The van der Waals surface area contributed by atoms with E-state index in [1.54, 1.807) is 4.90 Å². The van der Waals surface area contributed by atoms with Crippen molar-refractivity contribution in [2.75, 3.05) is 26.2 Å². The molecular weight excluding hydrogens is 418 g/mol. The smallest absolute Gasteiger partial charge is 0.254 e. The summed E-state index contributed by atoms with van der Waals surface area (Å²) >= 11 is 3.50. The molecule has 1 aliphatic carbocycles. The molecule has 1 atom stereocenters. The van der Waals surface area contributed by atoms with Gasteiger partial charge < -0.3 is 10.2 Å². The summed E-state index contributed by atoms with van der Waals surface area (Å²) in [5.41, 5.74) is 1.58. The highest BCUT2D eigenvalue weighted by Crippen LogP contribution is 2.35. The van der Waals surface area contributed by atoms with Crippen LogP contribution in [-0.2, 0) is 10.2 Å². The first-order valence-electron chi connectivity index (χ1n) is 10.5. The lowest BCUT2D eigenvalue weighted by Gasteiger charge is -2.43. The molecule has 4 rings (SSSR count). The van der Waals surface area contributed by atoms with Crippen LogP contribution in [0.5, 0.6) is 0 Å². The van der Waals surface area contributed by atoms with Crippen LogP contribution in [-0.4, -0.2) is 59.9 Å². The van der Waals surface area contributed by atoms with Gasteiger partial charge in [0.15, 0.2) is 0 Å². The van der Waals surface area contributed by atoms with Crippen molar-refractivity contribution in [1.82, 2.24) is 15.1 Å². The molecule has 1 saturated heterocycles. The fourth-order valence-corrected chi connectivity index (χ4v) is 5.21. The highest BCUT2D eigenvalue weighted by molar-refractivity contribution is 9.10. The first-order chi connectivity index (χ1) is 13.3. The van der Waals surface area contributed by atoms with Crippen LogP contribution in [0.1, 0.15) is 61.9 Å². The second-order valence-electron chi connectivity index (χ2n) is 9.22. The number of carbonyl (C=O) groups is 2. The molecule has 1 aromatic rings. The van der Waals surface area contributed by atoms with E-state index in [1.165, 1.54) is 19.3 Å². The van der Waals surface area contributed by atoms with Gasteiger partial charge in [0.25, 0.3) is 5.91 Å². The molecule has 0 radical (unpaired) electrons. The van der Waals surface area contributed by atoms with Crippen molar-refractivity contribution in [3.05, 3.63) is 33.8 Å². The molecule has 0 aromatic heterocycles. The maximum Gasteiger partial charge on any atom is 0.254 e. The van der Waals surface area contributed by atoms with Crippen LogP contribution in [0.4, 0.5) is 0 Å². The topological polar surface area (TPSA) is 52.7 Å². The number of halogens is 1. The number of amides is 2. The van der Waals surface area contributed by atoms with E-state index in [0.29, 0.717) is 12.1 Å². The number of nitrogens with one attached hydrogen (secondary N) is 1. The molecule has 5 nitrogen and oxygen atoms in total. The number of benzene rings is 1. The maximum absolute atomic E-state index is 13.0. The van der Waals surface area contributed by atoms with E-state index >= 15 is 0 Å². The Hall–Kier alpha value is -1.40. The summed E-state index contributed by atoms with van der Waals surface area (Å²) in [6.07, 6.45) is 6.11. The van der Waals surface area contributed by atoms with Crippen LogP contribution < -0.4 is 5.32 Å². The first kappa shape index (κ1) is 19.9. The van der Waals surface area contributed by atoms with Gasteiger partial charge in [-0.2, -0.15) is 0 Å². The number of nitrogens with zero attached hydrogens (tertiary/aromatic N) is 2. The average Bonchev–Trinajstić information content (AvgIpc) is 2.58. The Balaban J connectivity index is 1.39. The Morgan fingerprint density at radius 1 is 1.25 bits per heavy atom. The van der Waals surface area contributed by atoms with E-state index < -0.39 is 0 Å². The van der Waals surface area contributed by atoms with Crippen molar-refractivity contribution >= 4 is 27.7 Å². The Morgan fingerprint density at radius 2 is 2.04 bits per heavy atom. The van der Waals surface area contributed by atoms with Gasteiger partial charge in [0.2, 0.25) is 5.91 Å². The number of piperidine rings is 1. The summed E-state index contributed by atoms with van der Waals surface area (Å²) in [6.45, 7) is 7.06. The van der Waals surface area contributed by atoms with E-state index in [9.17, 15) is 9.59 Å². The van der Waals surface area contributed by atoms with Crippen LogP contribution >= 0.6 is 15.9 Å². The lowest BCUT2D eigenvalue weighted by Crippen LogP contribution is -2.55. The quantitative estimate of drug-likeness (QED) is 0.769. The van der Waals surface area contributed by atoms with E-state index in [4.69, 9.17) is 0 Å². The lowest BCUT2D eigenvalue weighted by molar-refractivity contribution is -0.123. The molecular formula is C22H30BrN3O2. The van der Waals surface area contributed by atoms with Crippen molar-refractivity contribution in [2.24, 2.45) is 0 Å². The minimum Gasteiger partial charge on any atom is -0.351 e. The summed E-state index contributed by atoms with van der Waals surface area (Å²) in [6, 6.07) is 6.72. The molecule has 2 aliphatic heterocycles. The van der Waals surface area contributed by atoms with Gasteiger partial charge in [-0.1, -0.05) is 36.2 Å². The maximum atomic E-state index is 13.0. The average molecular weight is 448 g/mol. The van der Waals surface area contributed by atoms with Gasteiger partial charge in [0.1, 0.15) is 0 Å². The fourth-order valence-electron chi connectivity index (χ4n) is 4.85.